The second kappa shape index (κ2) is 5.89. The van der Waals surface area contributed by atoms with E-state index in [9.17, 15) is 4.79 Å². The maximum atomic E-state index is 11.6. The Morgan fingerprint density at radius 1 is 1.37 bits per heavy atom. The van der Waals surface area contributed by atoms with Gasteiger partial charge in [0.1, 0.15) is 0 Å². The van der Waals surface area contributed by atoms with Gasteiger partial charge in [0.05, 0.1) is 5.60 Å². The summed E-state index contributed by atoms with van der Waals surface area (Å²) in [7, 11) is 1.70. The maximum absolute atomic E-state index is 11.6. The molecule has 0 fully saturated rings. The highest BCUT2D eigenvalue weighted by atomic mass is 16.5. The molecule has 4 heteroatoms. The fourth-order valence-electron chi connectivity index (χ4n) is 2.47. The first kappa shape index (κ1) is 13.6. The molecule has 1 aliphatic carbocycles. The lowest BCUT2D eigenvalue weighted by molar-refractivity contribution is 0.00179. The van der Waals surface area contributed by atoms with E-state index < -0.39 is 0 Å². The lowest BCUT2D eigenvalue weighted by Gasteiger charge is -2.27. The summed E-state index contributed by atoms with van der Waals surface area (Å²) in [5.41, 5.74) is 2.28. The lowest BCUT2D eigenvalue weighted by Crippen LogP contribution is -2.48. The third-order valence-corrected chi connectivity index (χ3v) is 3.55. The van der Waals surface area contributed by atoms with Crippen LogP contribution in [-0.4, -0.2) is 31.8 Å². The van der Waals surface area contributed by atoms with E-state index in [1.165, 1.54) is 11.1 Å². The molecule has 0 spiro atoms. The van der Waals surface area contributed by atoms with Gasteiger partial charge in [0, 0.05) is 33.0 Å². The zero-order valence-electron chi connectivity index (χ0n) is 11.2. The molecular formula is C15H20N2O2. The Hall–Kier alpha value is -1.81. The number of carbonyl (C=O) groups excluding carboxylic acids is 1. The van der Waals surface area contributed by atoms with Crippen molar-refractivity contribution >= 4 is 6.03 Å². The van der Waals surface area contributed by atoms with Crippen molar-refractivity contribution in [1.29, 1.82) is 0 Å². The van der Waals surface area contributed by atoms with Gasteiger partial charge in [0.15, 0.2) is 0 Å². The first-order valence-corrected chi connectivity index (χ1v) is 6.44. The van der Waals surface area contributed by atoms with Crippen molar-refractivity contribution in [2.75, 3.05) is 20.2 Å². The molecule has 0 bridgehead atoms. The van der Waals surface area contributed by atoms with Crippen LogP contribution in [0, 0.1) is 0 Å². The molecule has 0 radical (unpaired) electrons. The van der Waals surface area contributed by atoms with E-state index in [4.69, 9.17) is 4.74 Å². The van der Waals surface area contributed by atoms with Crippen LogP contribution in [0.25, 0.3) is 0 Å². The van der Waals surface area contributed by atoms with Crippen molar-refractivity contribution in [1.82, 2.24) is 10.6 Å². The topological polar surface area (TPSA) is 50.4 Å². The number of rotatable bonds is 5. The number of amides is 2. The van der Waals surface area contributed by atoms with Crippen LogP contribution in [0.4, 0.5) is 4.79 Å². The van der Waals surface area contributed by atoms with Gasteiger partial charge in [-0.05, 0) is 11.1 Å². The molecule has 2 rings (SSSR count). The van der Waals surface area contributed by atoms with E-state index in [2.05, 4.69) is 29.3 Å². The van der Waals surface area contributed by atoms with Gasteiger partial charge in [0.25, 0.3) is 0 Å². The fraction of sp³-hybridized carbons (Fsp3) is 0.400. The van der Waals surface area contributed by atoms with Crippen molar-refractivity contribution < 1.29 is 9.53 Å². The SMILES string of the molecule is C=CCNC(=O)NCC1(OC)Cc2ccccc2C1. The molecule has 4 nitrogen and oxygen atoms in total. The summed E-state index contributed by atoms with van der Waals surface area (Å²) in [6, 6.07) is 8.12. The van der Waals surface area contributed by atoms with Crippen LogP contribution >= 0.6 is 0 Å². The molecule has 0 aromatic heterocycles. The Bertz CT molecular complexity index is 446. The summed E-state index contributed by atoms with van der Waals surface area (Å²) in [5, 5.41) is 5.56. The molecule has 0 heterocycles. The van der Waals surface area contributed by atoms with E-state index in [1.807, 2.05) is 12.1 Å². The number of carbonyl (C=O) groups is 1. The van der Waals surface area contributed by atoms with Crippen molar-refractivity contribution in [2.24, 2.45) is 0 Å². The largest absolute Gasteiger partial charge is 0.376 e. The molecule has 2 amide bonds. The second-order valence-corrected chi connectivity index (χ2v) is 4.86. The van der Waals surface area contributed by atoms with Crippen LogP contribution < -0.4 is 10.6 Å². The Labute approximate surface area is 113 Å². The van der Waals surface area contributed by atoms with Crippen molar-refractivity contribution in [3.63, 3.8) is 0 Å². The van der Waals surface area contributed by atoms with Gasteiger partial charge in [-0.3, -0.25) is 0 Å². The monoisotopic (exact) mass is 260 g/mol. The highest BCUT2D eigenvalue weighted by Crippen LogP contribution is 2.31. The van der Waals surface area contributed by atoms with Crippen LogP contribution in [0.1, 0.15) is 11.1 Å². The molecule has 0 saturated carbocycles. The van der Waals surface area contributed by atoms with Gasteiger partial charge in [0.2, 0.25) is 0 Å². The predicted molar refractivity (Wildman–Crippen MR) is 75.2 cm³/mol. The first-order valence-electron chi connectivity index (χ1n) is 6.44. The number of methoxy groups -OCH3 is 1. The third kappa shape index (κ3) is 3.15. The van der Waals surface area contributed by atoms with E-state index in [0.29, 0.717) is 13.1 Å². The average Bonchev–Trinajstić information content (AvgIpc) is 2.82. The molecule has 0 aliphatic heterocycles. The highest BCUT2D eigenvalue weighted by molar-refractivity contribution is 5.74. The van der Waals surface area contributed by atoms with E-state index in [1.54, 1.807) is 13.2 Å². The number of nitrogens with one attached hydrogen (secondary N) is 2. The molecule has 0 unspecified atom stereocenters. The fourth-order valence-corrected chi connectivity index (χ4v) is 2.47. The summed E-state index contributed by atoms with van der Waals surface area (Å²) in [6.07, 6.45) is 3.32. The Balaban J connectivity index is 1.95. The first-order chi connectivity index (χ1) is 9.19. The molecule has 1 aliphatic rings. The Morgan fingerprint density at radius 3 is 2.53 bits per heavy atom. The smallest absolute Gasteiger partial charge is 0.315 e. The van der Waals surface area contributed by atoms with Crippen LogP contribution in [0.3, 0.4) is 0 Å². The van der Waals surface area contributed by atoms with Crippen molar-refractivity contribution in [3.05, 3.63) is 48.0 Å². The minimum atomic E-state index is -0.324. The molecule has 1 aromatic carbocycles. The molecule has 0 atom stereocenters. The van der Waals surface area contributed by atoms with Crippen LogP contribution in [0.15, 0.2) is 36.9 Å². The third-order valence-electron chi connectivity index (χ3n) is 3.55. The van der Waals surface area contributed by atoms with Gasteiger partial charge in [-0.2, -0.15) is 0 Å². The summed E-state index contributed by atoms with van der Waals surface area (Å²) < 4.78 is 5.67. The highest BCUT2D eigenvalue weighted by Gasteiger charge is 2.37. The number of hydrogen-bond donors (Lipinski definition) is 2. The minimum Gasteiger partial charge on any atom is -0.376 e. The quantitative estimate of drug-likeness (QED) is 0.791. The molecular weight excluding hydrogens is 240 g/mol. The Morgan fingerprint density at radius 2 is 2.00 bits per heavy atom. The average molecular weight is 260 g/mol. The van der Waals surface area contributed by atoms with Gasteiger partial charge in [-0.15, -0.1) is 6.58 Å². The van der Waals surface area contributed by atoms with Gasteiger partial charge in [-0.1, -0.05) is 30.3 Å². The van der Waals surface area contributed by atoms with Crippen molar-refractivity contribution in [2.45, 2.75) is 18.4 Å². The normalized spacial score (nSPS) is 15.6. The van der Waals surface area contributed by atoms with Crippen LogP contribution in [-0.2, 0) is 17.6 Å². The maximum Gasteiger partial charge on any atom is 0.315 e. The molecule has 1 aromatic rings. The summed E-state index contributed by atoms with van der Waals surface area (Å²) in [5.74, 6) is 0. The lowest BCUT2D eigenvalue weighted by atomic mass is 10.0. The van der Waals surface area contributed by atoms with Gasteiger partial charge < -0.3 is 15.4 Å². The van der Waals surface area contributed by atoms with E-state index in [-0.39, 0.29) is 11.6 Å². The zero-order valence-corrected chi connectivity index (χ0v) is 11.2. The minimum absolute atomic E-state index is 0.188. The number of ether oxygens (including phenoxy) is 1. The number of hydrogen-bond acceptors (Lipinski definition) is 2. The zero-order chi connectivity index (χ0) is 13.7. The van der Waals surface area contributed by atoms with Gasteiger partial charge >= 0.3 is 6.03 Å². The molecule has 102 valence electrons. The standard InChI is InChI=1S/C15H20N2O2/c1-3-8-16-14(18)17-11-15(19-2)9-12-6-4-5-7-13(12)10-15/h3-7H,1,8-11H2,2H3,(H2,16,17,18). The molecule has 19 heavy (non-hydrogen) atoms. The molecule has 0 saturated heterocycles. The Kier molecular flexibility index (Phi) is 4.22. The summed E-state index contributed by atoms with van der Waals surface area (Å²) >= 11 is 0. The van der Waals surface area contributed by atoms with E-state index >= 15 is 0 Å². The number of urea groups is 1. The van der Waals surface area contributed by atoms with Gasteiger partial charge in [-0.25, -0.2) is 4.79 Å². The van der Waals surface area contributed by atoms with E-state index in [0.717, 1.165) is 12.8 Å². The van der Waals surface area contributed by atoms with Crippen LogP contribution in [0.5, 0.6) is 0 Å². The van der Waals surface area contributed by atoms with Crippen molar-refractivity contribution in [3.8, 4) is 0 Å². The summed E-state index contributed by atoms with van der Waals surface area (Å²) in [4.78, 5) is 11.6. The summed E-state index contributed by atoms with van der Waals surface area (Å²) in [6.45, 7) is 4.53. The van der Waals surface area contributed by atoms with Crippen LogP contribution in [0.2, 0.25) is 0 Å². The predicted octanol–water partition coefficient (Wildman–Crippen LogP) is 1.66. The number of fused-ring (bicyclic) bond motifs is 1. The molecule has 2 N–H and O–H groups in total. The second-order valence-electron chi connectivity index (χ2n) is 4.86. The number of benzene rings is 1.